The molecule has 0 N–H and O–H groups in total. The Hall–Kier alpha value is -1.96. The van der Waals surface area contributed by atoms with Gasteiger partial charge in [0.1, 0.15) is 17.6 Å². The van der Waals surface area contributed by atoms with Crippen molar-refractivity contribution in [1.82, 2.24) is 0 Å². The van der Waals surface area contributed by atoms with Gasteiger partial charge in [-0.15, -0.1) is 0 Å². The minimum Gasteiger partial charge on any atom is -0.497 e. The van der Waals surface area contributed by atoms with Gasteiger partial charge in [0.2, 0.25) is 0 Å². The molecule has 2 aliphatic rings. The summed E-state index contributed by atoms with van der Waals surface area (Å²) in [7, 11) is 1.70. The van der Waals surface area contributed by atoms with E-state index in [0.29, 0.717) is 11.8 Å². The van der Waals surface area contributed by atoms with Gasteiger partial charge in [-0.25, -0.2) is 0 Å². The van der Waals surface area contributed by atoms with E-state index in [0.717, 1.165) is 11.5 Å². The maximum Gasteiger partial charge on any atom is 0.127 e. The van der Waals surface area contributed by atoms with Crippen LogP contribution < -0.4 is 9.47 Å². The molecule has 2 aromatic carbocycles. The second kappa shape index (κ2) is 5.10. The van der Waals surface area contributed by atoms with E-state index in [9.17, 15) is 0 Å². The molecule has 1 aliphatic heterocycles. The van der Waals surface area contributed by atoms with Crippen LogP contribution in [0.25, 0.3) is 0 Å². The molecule has 0 aromatic heterocycles. The minimum atomic E-state index is 0.179. The Bertz CT molecular complexity index is 632. The summed E-state index contributed by atoms with van der Waals surface area (Å²) < 4.78 is 11.6. The number of rotatable bonds is 2. The van der Waals surface area contributed by atoms with E-state index >= 15 is 0 Å². The zero-order chi connectivity index (χ0) is 14.2. The van der Waals surface area contributed by atoms with E-state index < -0.39 is 0 Å². The van der Waals surface area contributed by atoms with Crippen LogP contribution in [-0.4, -0.2) is 7.11 Å². The van der Waals surface area contributed by atoms with Gasteiger partial charge in [-0.2, -0.15) is 0 Å². The van der Waals surface area contributed by atoms with Crippen molar-refractivity contribution < 1.29 is 9.47 Å². The third-order valence-corrected chi connectivity index (χ3v) is 4.98. The summed E-state index contributed by atoms with van der Waals surface area (Å²) in [5.41, 5.74) is 2.67. The molecule has 2 heteroatoms. The van der Waals surface area contributed by atoms with E-state index in [1.807, 2.05) is 12.1 Å². The Morgan fingerprint density at radius 1 is 1.00 bits per heavy atom. The Morgan fingerprint density at radius 3 is 2.62 bits per heavy atom. The van der Waals surface area contributed by atoms with Crippen LogP contribution in [0.5, 0.6) is 11.5 Å². The van der Waals surface area contributed by atoms with E-state index in [1.165, 1.54) is 30.4 Å². The zero-order valence-electron chi connectivity index (χ0n) is 12.3. The maximum atomic E-state index is 6.36. The molecule has 1 heterocycles. The van der Waals surface area contributed by atoms with Crippen LogP contribution in [-0.2, 0) is 0 Å². The molecular weight excluding hydrogens is 260 g/mol. The first-order valence-electron chi connectivity index (χ1n) is 7.76. The molecule has 2 nitrogen and oxygen atoms in total. The van der Waals surface area contributed by atoms with Crippen LogP contribution >= 0.6 is 0 Å². The second-order valence-corrected chi connectivity index (χ2v) is 6.05. The minimum absolute atomic E-state index is 0.179. The number of benzene rings is 2. The van der Waals surface area contributed by atoms with Gasteiger partial charge in [0.25, 0.3) is 0 Å². The van der Waals surface area contributed by atoms with E-state index in [4.69, 9.17) is 9.47 Å². The molecule has 0 amide bonds. The van der Waals surface area contributed by atoms with Crippen molar-refractivity contribution in [2.45, 2.75) is 31.3 Å². The van der Waals surface area contributed by atoms with E-state index in [2.05, 4.69) is 36.4 Å². The SMILES string of the molecule is COc1ccc([C@H]2Oc3ccccc3[C@H]3CCC[C@H]32)cc1. The molecule has 0 spiro atoms. The van der Waals surface area contributed by atoms with Crippen LogP contribution in [0.2, 0.25) is 0 Å². The lowest BCUT2D eigenvalue weighted by atomic mass is 9.80. The van der Waals surface area contributed by atoms with E-state index in [1.54, 1.807) is 7.11 Å². The van der Waals surface area contributed by atoms with Gasteiger partial charge in [-0.3, -0.25) is 0 Å². The fourth-order valence-corrected chi connectivity index (χ4v) is 3.96. The Labute approximate surface area is 125 Å². The molecule has 0 unspecified atom stereocenters. The molecule has 1 fully saturated rings. The highest BCUT2D eigenvalue weighted by atomic mass is 16.5. The molecule has 1 saturated carbocycles. The van der Waals surface area contributed by atoms with Gasteiger partial charge < -0.3 is 9.47 Å². The van der Waals surface area contributed by atoms with Gasteiger partial charge >= 0.3 is 0 Å². The number of ether oxygens (including phenoxy) is 2. The predicted octanol–water partition coefficient (Wildman–Crippen LogP) is 4.71. The van der Waals surface area contributed by atoms with Gasteiger partial charge in [0, 0.05) is 5.92 Å². The molecule has 0 radical (unpaired) electrons. The lowest BCUT2D eigenvalue weighted by Crippen LogP contribution is -2.26. The number of hydrogen-bond acceptors (Lipinski definition) is 2. The van der Waals surface area contributed by atoms with Gasteiger partial charge in [-0.1, -0.05) is 36.8 Å². The first kappa shape index (κ1) is 12.8. The van der Waals surface area contributed by atoms with Crippen molar-refractivity contribution in [3.63, 3.8) is 0 Å². The van der Waals surface area contributed by atoms with Crippen LogP contribution in [0, 0.1) is 5.92 Å². The molecule has 21 heavy (non-hydrogen) atoms. The van der Waals surface area contributed by atoms with Gasteiger partial charge in [0.05, 0.1) is 7.11 Å². The van der Waals surface area contributed by atoms with Crippen molar-refractivity contribution in [1.29, 1.82) is 0 Å². The highest BCUT2D eigenvalue weighted by molar-refractivity contribution is 5.41. The molecular formula is C19H20O2. The highest BCUT2D eigenvalue weighted by Gasteiger charge is 2.41. The summed E-state index contributed by atoms with van der Waals surface area (Å²) in [4.78, 5) is 0. The normalized spacial score (nSPS) is 26.6. The maximum absolute atomic E-state index is 6.36. The van der Waals surface area contributed by atoms with Crippen molar-refractivity contribution in [2.24, 2.45) is 5.92 Å². The average molecular weight is 280 g/mol. The van der Waals surface area contributed by atoms with Crippen molar-refractivity contribution >= 4 is 0 Å². The molecule has 1 aliphatic carbocycles. The zero-order valence-corrected chi connectivity index (χ0v) is 12.3. The lowest BCUT2D eigenvalue weighted by molar-refractivity contribution is 0.104. The van der Waals surface area contributed by atoms with Crippen LogP contribution in [0.4, 0.5) is 0 Å². The summed E-state index contributed by atoms with van der Waals surface area (Å²) in [6, 6.07) is 16.9. The molecule has 3 atom stereocenters. The highest BCUT2D eigenvalue weighted by Crippen LogP contribution is 2.53. The largest absolute Gasteiger partial charge is 0.497 e. The summed E-state index contributed by atoms with van der Waals surface area (Å²) in [6.07, 6.45) is 4.03. The van der Waals surface area contributed by atoms with Gasteiger partial charge in [-0.05, 0) is 48.1 Å². The monoisotopic (exact) mass is 280 g/mol. The number of fused-ring (bicyclic) bond motifs is 3. The standard InChI is InChI=1S/C19H20O2/c1-20-14-11-9-13(10-12-14)19-17-7-4-6-15(17)16-5-2-3-8-18(16)21-19/h2-3,5,8-12,15,17,19H,4,6-7H2,1H3/t15-,17-,19-/m1/s1. The van der Waals surface area contributed by atoms with Crippen molar-refractivity contribution in [2.75, 3.05) is 7.11 Å². The quantitative estimate of drug-likeness (QED) is 0.793. The summed E-state index contributed by atoms with van der Waals surface area (Å²) in [6.45, 7) is 0. The molecule has 2 aromatic rings. The van der Waals surface area contributed by atoms with Crippen LogP contribution in [0.3, 0.4) is 0 Å². The molecule has 108 valence electrons. The molecule has 0 bridgehead atoms. The Morgan fingerprint density at radius 2 is 1.81 bits per heavy atom. The Balaban J connectivity index is 1.72. The number of methoxy groups -OCH3 is 1. The third-order valence-electron chi connectivity index (χ3n) is 4.98. The van der Waals surface area contributed by atoms with Crippen LogP contribution in [0.15, 0.2) is 48.5 Å². The molecule has 0 saturated heterocycles. The summed E-state index contributed by atoms with van der Waals surface area (Å²) >= 11 is 0. The van der Waals surface area contributed by atoms with Crippen molar-refractivity contribution in [3.8, 4) is 11.5 Å². The second-order valence-electron chi connectivity index (χ2n) is 6.05. The Kier molecular flexibility index (Phi) is 3.10. The van der Waals surface area contributed by atoms with Crippen LogP contribution in [0.1, 0.15) is 42.4 Å². The van der Waals surface area contributed by atoms with E-state index in [-0.39, 0.29) is 6.10 Å². The fraction of sp³-hybridized carbons (Fsp3) is 0.368. The molecule has 4 rings (SSSR count). The summed E-state index contributed by atoms with van der Waals surface area (Å²) in [5.74, 6) is 3.23. The first-order chi connectivity index (χ1) is 10.4. The average Bonchev–Trinajstić information content (AvgIpc) is 3.04. The van der Waals surface area contributed by atoms with Gasteiger partial charge in [0.15, 0.2) is 0 Å². The summed E-state index contributed by atoms with van der Waals surface area (Å²) in [5, 5.41) is 0. The fourth-order valence-electron chi connectivity index (χ4n) is 3.96. The number of para-hydroxylation sites is 1. The predicted molar refractivity (Wildman–Crippen MR) is 82.9 cm³/mol. The topological polar surface area (TPSA) is 18.5 Å². The lowest BCUT2D eigenvalue weighted by Gasteiger charge is -2.36. The first-order valence-corrected chi connectivity index (χ1v) is 7.76. The third kappa shape index (κ3) is 2.10. The number of hydrogen-bond donors (Lipinski definition) is 0. The van der Waals surface area contributed by atoms with Crippen molar-refractivity contribution in [3.05, 3.63) is 59.7 Å². The smallest absolute Gasteiger partial charge is 0.127 e.